The quantitative estimate of drug-likeness (QED) is 0.373. The number of hydrogen-bond donors (Lipinski definition) is 1. The molecule has 1 aliphatic rings. The molecule has 2 amide bonds. The summed E-state index contributed by atoms with van der Waals surface area (Å²) in [6.07, 6.45) is 0.608. The van der Waals surface area contributed by atoms with E-state index in [-0.39, 0.29) is 18.2 Å². The fourth-order valence-corrected chi connectivity index (χ4v) is 5.20. The predicted octanol–water partition coefficient (Wildman–Crippen LogP) is 5.57. The van der Waals surface area contributed by atoms with Crippen molar-refractivity contribution in [2.45, 2.75) is 18.1 Å². The van der Waals surface area contributed by atoms with Gasteiger partial charge in [0.15, 0.2) is 16.7 Å². The van der Waals surface area contributed by atoms with Crippen LogP contribution in [0.3, 0.4) is 0 Å². The summed E-state index contributed by atoms with van der Waals surface area (Å²) >= 11 is 7.42. The number of ether oxygens (including phenoxy) is 3. The Labute approximate surface area is 230 Å². The van der Waals surface area contributed by atoms with Crippen LogP contribution in [0, 0.1) is 0 Å². The molecule has 0 saturated carbocycles. The van der Waals surface area contributed by atoms with Crippen LogP contribution >= 0.6 is 23.4 Å². The van der Waals surface area contributed by atoms with Crippen LogP contribution in [-0.4, -0.2) is 55.0 Å². The second-order valence-electron chi connectivity index (χ2n) is 8.39. The Bertz CT molecular complexity index is 1330. The Kier molecular flexibility index (Phi) is 9.15. The number of thioether (sulfide) groups is 1. The summed E-state index contributed by atoms with van der Waals surface area (Å²) in [5.41, 5.74) is 2.19. The van der Waals surface area contributed by atoms with Gasteiger partial charge in [0.2, 0.25) is 11.8 Å². The smallest absolute Gasteiger partial charge is 0.238 e. The number of methoxy groups -OCH3 is 3. The molecule has 1 fully saturated rings. The minimum absolute atomic E-state index is 0.0488. The van der Waals surface area contributed by atoms with Gasteiger partial charge in [0.1, 0.15) is 11.0 Å². The average molecular weight is 554 g/mol. The topological polar surface area (TPSA) is 89.5 Å². The SMILES string of the molecule is COc1ccc(NC(=O)[C@H]2CC(=O)N(CCc3ccc(OC)c(OC)c3)C(=Nc3cccc(Cl)c3)S2)cc1. The van der Waals surface area contributed by atoms with Gasteiger partial charge in [-0.3, -0.25) is 14.5 Å². The Morgan fingerprint density at radius 2 is 1.79 bits per heavy atom. The van der Waals surface area contributed by atoms with Crippen molar-refractivity contribution in [2.24, 2.45) is 4.99 Å². The molecule has 38 heavy (non-hydrogen) atoms. The molecule has 0 aliphatic carbocycles. The van der Waals surface area contributed by atoms with Crippen LogP contribution in [0.4, 0.5) is 11.4 Å². The third-order valence-corrected chi connectivity index (χ3v) is 7.32. The van der Waals surface area contributed by atoms with E-state index in [1.54, 1.807) is 74.8 Å². The highest BCUT2D eigenvalue weighted by molar-refractivity contribution is 8.15. The third-order valence-electron chi connectivity index (χ3n) is 5.89. The summed E-state index contributed by atoms with van der Waals surface area (Å²) in [6.45, 7) is 0.382. The first-order valence-corrected chi connectivity index (χ1v) is 13.1. The number of anilines is 1. The van der Waals surface area contributed by atoms with Crippen LogP contribution in [0.15, 0.2) is 71.7 Å². The number of nitrogens with one attached hydrogen (secondary N) is 1. The molecule has 4 rings (SSSR count). The molecule has 0 unspecified atom stereocenters. The van der Waals surface area contributed by atoms with E-state index in [0.717, 1.165) is 5.56 Å². The zero-order valence-corrected chi connectivity index (χ0v) is 22.8. The summed E-state index contributed by atoms with van der Waals surface area (Å²) in [5.74, 6) is 1.49. The number of carbonyl (C=O) groups is 2. The van der Waals surface area contributed by atoms with Gasteiger partial charge in [-0.15, -0.1) is 0 Å². The van der Waals surface area contributed by atoms with Gasteiger partial charge >= 0.3 is 0 Å². The molecule has 0 radical (unpaired) electrons. The largest absolute Gasteiger partial charge is 0.497 e. The first kappa shape index (κ1) is 27.3. The zero-order chi connectivity index (χ0) is 27.1. The lowest BCUT2D eigenvalue weighted by molar-refractivity contribution is -0.129. The molecule has 1 heterocycles. The van der Waals surface area contributed by atoms with Crippen LogP contribution in [0.5, 0.6) is 17.2 Å². The lowest BCUT2D eigenvalue weighted by Crippen LogP contribution is -2.46. The maximum absolute atomic E-state index is 13.3. The number of hydrogen-bond acceptors (Lipinski definition) is 7. The predicted molar refractivity (Wildman–Crippen MR) is 151 cm³/mol. The number of benzene rings is 3. The van der Waals surface area contributed by atoms with Crippen molar-refractivity contribution < 1.29 is 23.8 Å². The Morgan fingerprint density at radius 1 is 1.03 bits per heavy atom. The normalized spacial score (nSPS) is 16.3. The molecule has 8 nitrogen and oxygen atoms in total. The molecule has 3 aromatic rings. The van der Waals surface area contributed by atoms with Crippen LogP contribution in [-0.2, 0) is 16.0 Å². The van der Waals surface area contributed by atoms with E-state index in [1.807, 2.05) is 18.2 Å². The first-order chi connectivity index (χ1) is 18.4. The molecule has 1 saturated heterocycles. The molecule has 3 aromatic carbocycles. The standard InChI is InChI=1S/C28H28ClN3O5S/c1-35-22-10-8-20(9-11-22)30-27(34)25-17-26(33)32(28(38-25)31-21-6-4-5-19(29)16-21)14-13-18-7-12-23(36-2)24(15-18)37-3/h4-12,15-16,25H,13-14,17H2,1-3H3,(H,30,34)/t25-/m1/s1. The second kappa shape index (κ2) is 12.7. The fourth-order valence-electron chi connectivity index (χ4n) is 3.89. The van der Waals surface area contributed by atoms with E-state index in [1.165, 1.54) is 11.8 Å². The minimum atomic E-state index is -0.639. The number of nitrogens with zero attached hydrogens (tertiary/aromatic N) is 2. The lowest BCUT2D eigenvalue weighted by atomic mass is 10.1. The molecule has 1 aliphatic heterocycles. The second-order valence-corrected chi connectivity index (χ2v) is 9.99. The van der Waals surface area contributed by atoms with Crippen LogP contribution < -0.4 is 19.5 Å². The highest BCUT2D eigenvalue weighted by Crippen LogP contribution is 2.32. The van der Waals surface area contributed by atoms with Gasteiger partial charge in [-0.1, -0.05) is 35.5 Å². The third kappa shape index (κ3) is 6.79. The van der Waals surface area contributed by atoms with Gasteiger partial charge in [-0.2, -0.15) is 0 Å². The van der Waals surface area contributed by atoms with E-state index in [0.29, 0.717) is 51.8 Å². The van der Waals surface area contributed by atoms with E-state index < -0.39 is 5.25 Å². The summed E-state index contributed by atoms with van der Waals surface area (Å²) < 4.78 is 15.9. The molecule has 198 valence electrons. The first-order valence-electron chi connectivity index (χ1n) is 11.9. The maximum Gasteiger partial charge on any atom is 0.238 e. The van der Waals surface area contributed by atoms with Crippen molar-refractivity contribution in [1.29, 1.82) is 0 Å². The minimum Gasteiger partial charge on any atom is -0.497 e. The molecule has 10 heteroatoms. The van der Waals surface area contributed by atoms with Crippen LogP contribution in [0.1, 0.15) is 12.0 Å². The van der Waals surface area contributed by atoms with E-state index in [2.05, 4.69) is 5.32 Å². The van der Waals surface area contributed by atoms with Crippen LogP contribution in [0.25, 0.3) is 0 Å². The van der Waals surface area contributed by atoms with Crippen molar-refractivity contribution in [3.05, 3.63) is 77.3 Å². The molecule has 1 N–H and O–H groups in total. The van der Waals surface area contributed by atoms with E-state index in [9.17, 15) is 9.59 Å². The molecule has 0 aromatic heterocycles. The Hall–Kier alpha value is -3.69. The number of amides is 2. The summed E-state index contributed by atoms with van der Waals surface area (Å²) in [4.78, 5) is 32.8. The highest BCUT2D eigenvalue weighted by atomic mass is 35.5. The Balaban J connectivity index is 1.54. The van der Waals surface area contributed by atoms with Gasteiger partial charge < -0.3 is 19.5 Å². The van der Waals surface area contributed by atoms with E-state index in [4.69, 9.17) is 30.8 Å². The molecule has 0 bridgehead atoms. The summed E-state index contributed by atoms with van der Waals surface area (Å²) in [5, 5.41) is 3.22. The van der Waals surface area contributed by atoms with Crippen molar-refractivity contribution in [3.63, 3.8) is 0 Å². The van der Waals surface area contributed by atoms with Gasteiger partial charge in [-0.05, 0) is 66.6 Å². The summed E-state index contributed by atoms with van der Waals surface area (Å²) in [6, 6.07) is 19.7. The molecular formula is C28H28ClN3O5S. The van der Waals surface area contributed by atoms with E-state index >= 15 is 0 Å². The van der Waals surface area contributed by atoms with Crippen molar-refractivity contribution >= 4 is 51.7 Å². The number of carbonyl (C=O) groups excluding carboxylic acids is 2. The van der Waals surface area contributed by atoms with Crippen molar-refractivity contribution in [3.8, 4) is 17.2 Å². The van der Waals surface area contributed by atoms with Crippen LogP contribution in [0.2, 0.25) is 5.02 Å². The maximum atomic E-state index is 13.3. The zero-order valence-electron chi connectivity index (χ0n) is 21.3. The number of halogens is 1. The van der Waals surface area contributed by atoms with Gasteiger partial charge in [0.25, 0.3) is 0 Å². The number of rotatable bonds is 9. The van der Waals surface area contributed by atoms with Gasteiger partial charge in [-0.25, -0.2) is 4.99 Å². The lowest BCUT2D eigenvalue weighted by Gasteiger charge is -2.32. The monoisotopic (exact) mass is 553 g/mol. The number of aliphatic imine (C=N–C) groups is 1. The fraction of sp³-hybridized carbons (Fsp3) is 0.250. The Morgan fingerprint density at radius 3 is 2.47 bits per heavy atom. The average Bonchev–Trinajstić information content (AvgIpc) is 2.92. The molecule has 0 spiro atoms. The molecule has 1 atom stereocenters. The van der Waals surface area contributed by atoms with Crippen molar-refractivity contribution in [1.82, 2.24) is 4.90 Å². The highest BCUT2D eigenvalue weighted by Gasteiger charge is 2.36. The summed E-state index contributed by atoms with van der Waals surface area (Å²) in [7, 11) is 4.75. The number of amidine groups is 1. The van der Waals surface area contributed by atoms with Gasteiger partial charge in [0, 0.05) is 23.7 Å². The van der Waals surface area contributed by atoms with Crippen molar-refractivity contribution in [2.75, 3.05) is 33.2 Å². The molecular weight excluding hydrogens is 526 g/mol. The van der Waals surface area contributed by atoms with Gasteiger partial charge in [0.05, 0.1) is 27.0 Å².